The Labute approximate surface area is 117 Å². The van der Waals surface area contributed by atoms with Gasteiger partial charge in [0, 0.05) is 11.1 Å². The fourth-order valence-electron chi connectivity index (χ4n) is 1.95. The van der Waals surface area contributed by atoms with Crippen molar-refractivity contribution in [2.45, 2.75) is 0 Å². The third-order valence-electron chi connectivity index (χ3n) is 2.94. The maximum atomic E-state index is 7.56. The number of hydrogen-bond donors (Lipinski definition) is 4. The second-order valence-corrected chi connectivity index (χ2v) is 4.34. The number of hydrogen-bond acceptors (Lipinski definition) is 2. The van der Waals surface area contributed by atoms with Crippen LogP contribution in [0.15, 0.2) is 48.5 Å². The summed E-state index contributed by atoms with van der Waals surface area (Å²) >= 11 is 0. The summed E-state index contributed by atoms with van der Waals surface area (Å²) in [7, 11) is 0. The van der Waals surface area contributed by atoms with E-state index in [0.717, 1.165) is 11.1 Å². The first-order valence-electron chi connectivity index (χ1n) is 6.14. The van der Waals surface area contributed by atoms with Crippen LogP contribution in [0.4, 0.5) is 0 Å². The van der Waals surface area contributed by atoms with E-state index in [1.165, 1.54) is 0 Å². The Morgan fingerprint density at radius 2 is 1.05 bits per heavy atom. The van der Waals surface area contributed by atoms with Crippen molar-refractivity contribution < 1.29 is 0 Å². The highest BCUT2D eigenvalue weighted by Gasteiger charge is 2.03. The van der Waals surface area contributed by atoms with Crippen LogP contribution in [0, 0.1) is 10.8 Å². The molecule has 0 fully saturated rings. The lowest BCUT2D eigenvalue weighted by molar-refractivity contribution is 1.41. The Morgan fingerprint density at radius 1 is 0.700 bits per heavy atom. The van der Waals surface area contributed by atoms with Crippen molar-refractivity contribution in [1.29, 1.82) is 10.8 Å². The minimum atomic E-state index is 0.0325. The Hall–Kier alpha value is -2.88. The SMILES string of the molecule is N=C(N)c1ccccc1/C=C/c1ccccc1C(=N)N. The van der Waals surface area contributed by atoms with E-state index in [-0.39, 0.29) is 11.7 Å². The highest BCUT2D eigenvalue weighted by atomic mass is 14.7. The molecule has 0 radical (unpaired) electrons. The van der Waals surface area contributed by atoms with Crippen molar-refractivity contribution in [3.63, 3.8) is 0 Å². The topological polar surface area (TPSA) is 99.7 Å². The van der Waals surface area contributed by atoms with Crippen LogP contribution in [0.2, 0.25) is 0 Å². The van der Waals surface area contributed by atoms with Gasteiger partial charge in [0.1, 0.15) is 11.7 Å². The van der Waals surface area contributed by atoms with Crippen molar-refractivity contribution >= 4 is 23.8 Å². The first-order valence-corrected chi connectivity index (χ1v) is 6.14. The summed E-state index contributed by atoms with van der Waals surface area (Å²) in [4.78, 5) is 0. The molecule has 0 heterocycles. The largest absolute Gasteiger partial charge is 0.384 e. The quantitative estimate of drug-likeness (QED) is 0.387. The second kappa shape index (κ2) is 5.84. The summed E-state index contributed by atoms with van der Waals surface area (Å²) in [6.07, 6.45) is 3.75. The van der Waals surface area contributed by atoms with Gasteiger partial charge < -0.3 is 11.5 Å². The summed E-state index contributed by atoms with van der Waals surface area (Å²) in [5.74, 6) is 0.0650. The van der Waals surface area contributed by atoms with Crippen LogP contribution in [0.25, 0.3) is 12.2 Å². The fourth-order valence-corrected chi connectivity index (χ4v) is 1.95. The molecule has 20 heavy (non-hydrogen) atoms. The molecule has 0 aliphatic heterocycles. The lowest BCUT2D eigenvalue weighted by atomic mass is 10.0. The highest BCUT2D eigenvalue weighted by Crippen LogP contribution is 2.15. The molecule has 2 aromatic rings. The molecule has 0 aliphatic carbocycles. The Bertz CT molecular complexity index is 627. The van der Waals surface area contributed by atoms with E-state index in [1.807, 2.05) is 48.6 Å². The summed E-state index contributed by atoms with van der Waals surface area (Å²) in [5.41, 5.74) is 14.2. The number of nitrogens with two attached hydrogens (primary N) is 2. The van der Waals surface area contributed by atoms with Gasteiger partial charge in [-0.1, -0.05) is 60.7 Å². The Kier molecular flexibility index (Phi) is 3.96. The molecule has 0 unspecified atom stereocenters. The van der Waals surface area contributed by atoms with E-state index in [9.17, 15) is 0 Å². The molecule has 6 N–H and O–H groups in total. The van der Waals surface area contributed by atoms with Crippen LogP contribution in [-0.2, 0) is 0 Å². The molecule has 0 aromatic heterocycles. The van der Waals surface area contributed by atoms with Crippen LogP contribution in [0.5, 0.6) is 0 Å². The first kappa shape index (κ1) is 13.5. The van der Waals surface area contributed by atoms with Crippen molar-refractivity contribution in [2.24, 2.45) is 11.5 Å². The van der Waals surface area contributed by atoms with Crippen molar-refractivity contribution in [1.82, 2.24) is 0 Å². The lowest BCUT2D eigenvalue weighted by Crippen LogP contribution is -2.13. The van der Waals surface area contributed by atoms with Gasteiger partial charge in [0.25, 0.3) is 0 Å². The number of nitrogen functional groups attached to an aromatic ring is 2. The van der Waals surface area contributed by atoms with Gasteiger partial charge in [-0.05, 0) is 11.1 Å². The molecule has 100 valence electrons. The average Bonchev–Trinajstić information content (AvgIpc) is 2.45. The highest BCUT2D eigenvalue weighted by molar-refractivity contribution is 6.01. The maximum Gasteiger partial charge on any atom is 0.123 e. The molecule has 2 aromatic carbocycles. The first-order chi connectivity index (χ1) is 9.59. The molecule has 0 aliphatic rings. The zero-order chi connectivity index (χ0) is 14.5. The molecule has 0 saturated carbocycles. The second-order valence-electron chi connectivity index (χ2n) is 4.34. The number of amidine groups is 2. The number of nitrogens with one attached hydrogen (secondary N) is 2. The summed E-state index contributed by atoms with van der Waals surface area (Å²) in [6.45, 7) is 0. The van der Waals surface area contributed by atoms with Crippen LogP contribution >= 0.6 is 0 Å². The summed E-state index contributed by atoms with van der Waals surface area (Å²) in [5, 5.41) is 15.1. The molecule has 0 saturated heterocycles. The molecular weight excluding hydrogens is 248 g/mol. The van der Waals surface area contributed by atoms with Crippen LogP contribution in [0.3, 0.4) is 0 Å². The van der Waals surface area contributed by atoms with Gasteiger partial charge in [0.15, 0.2) is 0 Å². The number of rotatable bonds is 4. The molecule has 2 rings (SSSR count). The zero-order valence-corrected chi connectivity index (χ0v) is 10.9. The van der Waals surface area contributed by atoms with Gasteiger partial charge in [-0.15, -0.1) is 0 Å². The Morgan fingerprint density at radius 3 is 1.40 bits per heavy atom. The zero-order valence-electron chi connectivity index (χ0n) is 10.9. The Balaban J connectivity index is 2.40. The van der Waals surface area contributed by atoms with Gasteiger partial charge in [-0.25, -0.2) is 0 Å². The van der Waals surface area contributed by atoms with E-state index in [2.05, 4.69) is 0 Å². The lowest BCUT2D eigenvalue weighted by Gasteiger charge is -2.05. The van der Waals surface area contributed by atoms with Crippen molar-refractivity contribution in [2.75, 3.05) is 0 Å². The van der Waals surface area contributed by atoms with Crippen LogP contribution in [-0.4, -0.2) is 11.7 Å². The van der Waals surface area contributed by atoms with E-state index in [0.29, 0.717) is 11.1 Å². The van der Waals surface area contributed by atoms with E-state index in [4.69, 9.17) is 22.3 Å². The molecule has 0 amide bonds. The number of benzene rings is 2. The predicted molar refractivity (Wildman–Crippen MR) is 83.8 cm³/mol. The molecule has 0 atom stereocenters. The minimum Gasteiger partial charge on any atom is -0.384 e. The smallest absolute Gasteiger partial charge is 0.123 e. The molecule has 0 bridgehead atoms. The van der Waals surface area contributed by atoms with Crippen molar-refractivity contribution in [3.05, 3.63) is 70.8 Å². The van der Waals surface area contributed by atoms with E-state index in [1.54, 1.807) is 12.1 Å². The van der Waals surface area contributed by atoms with Crippen molar-refractivity contribution in [3.8, 4) is 0 Å². The molecule has 0 spiro atoms. The normalized spacial score (nSPS) is 10.6. The molecular formula is C16H16N4. The molecule has 4 heteroatoms. The van der Waals surface area contributed by atoms with Gasteiger partial charge in [-0.3, -0.25) is 10.8 Å². The van der Waals surface area contributed by atoms with Gasteiger partial charge in [0.05, 0.1) is 0 Å². The minimum absolute atomic E-state index is 0.0325. The van der Waals surface area contributed by atoms with Gasteiger partial charge >= 0.3 is 0 Å². The summed E-state index contributed by atoms with van der Waals surface area (Å²) in [6, 6.07) is 14.9. The van der Waals surface area contributed by atoms with Gasteiger partial charge in [-0.2, -0.15) is 0 Å². The fraction of sp³-hybridized carbons (Fsp3) is 0. The molecule has 4 nitrogen and oxygen atoms in total. The van der Waals surface area contributed by atoms with E-state index < -0.39 is 0 Å². The third-order valence-corrected chi connectivity index (χ3v) is 2.94. The maximum absolute atomic E-state index is 7.56. The summed E-state index contributed by atoms with van der Waals surface area (Å²) < 4.78 is 0. The average molecular weight is 264 g/mol. The standard InChI is InChI=1S/C16H16N4/c17-15(18)13-7-3-1-5-11(13)9-10-12-6-2-4-8-14(12)16(19)20/h1-10H,(H3,17,18)(H3,19,20)/b10-9+. The van der Waals surface area contributed by atoms with Crippen LogP contribution < -0.4 is 11.5 Å². The van der Waals surface area contributed by atoms with E-state index >= 15 is 0 Å². The van der Waals surface area contributed by atoms with Gasteiger partial charge in [0.2, 0.25) is 0 Å². The van der Waals surface area contributed by atoms with Crippen LogP contribution in [0.1, 0.15) is 22.3 Å². The third kappa shape index (κ3) is 2.92. The predicted octanol–water partition coefficient (Wildman–Crippen LogP) is 2.43. The monoisotopic (exact) mass is 264 g/mol.